The van der Waals surface area contributed by atoms with Crippen LogP contribution in [-0.2, 0) is 4.74 Å². The van der Waals surface area contributed by atoms with E-state index in [1.165, 1.54) is 6.20 Å². The molecule has 7 heteroatoms. The van der Waals surface area contributed by atoms with E-state index in [1.54, 1.807) is 17.6 Å². The maximum absolute atomic E-state index is 12.3. The molecular weight excluding hydrogens is 352 g/mol. The summed E-state index contributed by atoms with van der Waals surface area (Å²) < 4.78 is 6.79. The molecular formula is C19H19ClN4O2. The van der Waals surface area contributed by atoms with Gasteiger partial charge in [-0.25, -0.2) is 14.3 Å². The van der Waals surface area contributed by atoms with Gasteiger partial charge in [0.2, 0.25) is 0 Å². The number of aromatic nitrogens is 3. The number of rotatable bonds is 5. The van der Waals surface area contributed by atoms with E-state index in [-0.39, 0.29) is 0 Å². The summed E-state index contributed by atoms with van der Waals surface area (Å²) in [6, 6.07) is 7.49. The minimum atomic E-state index is -0.430. The fraction of sp³-hybridized carbons (Fsp3) is 0.211. The molecule has 0 amide bonds. The molecule has 0 aliphatic rings. The second-order valence-corrected chi connectivity index (χ2v) is 6.30. The van der Waals surface area contributed by atoms with Crippen molar-refractivity contribution in [2.75, 3.05) is 20.7 Å². The maximum Gasteiger partial charge on any atom is 0.341 e. The molecule has 0 N–H and O–H groups in total. The van der Waals surface area contributed by atoms with Crippen molar-refractivity contribution in [1.29, 1.82) is 0 Å². The Morgan fingerprint density at radius 1 is 1.35 bits per heavy atom. The normalized spacial score (nSPS) is 11.2. The predicted molar refractivity (Wildman–Crippen MR) is 102 cm³/mol. The average molecular weight is 371 g/mol. The van der Waals surface area contributed by atoms with Gasteiger partial charge >= 0.3 is 5.97 Å². The Morgan fingerprint density at radius 2 is 2.15 bits per heavy atom. The lowest BCUT2D eigenvalue weighted by molar-refractivity contribution is 0.0525. The number of ether oxygens (including phenoxy) is 1. The van der Waals surface area contributed by atoms with Gasteiger partial charge in [0.15, 0.2) is 5.65 Å². The van der Waals surface area contributed by atoms with Gasteiger partial charge in [-0.15, -0.1) is 0 Å². The Balaban J connectivity index is 2.20. The van der Waals surface area contributed by atoms with Crippen molar-refractivity contribution in [1.82, 2.24) is 19.5 Å². The fourth-order valence-corrected chi connectivity index (χ4v) is 2.74. The molecule has 2 heterocycles. The number of halogens is 1. The fourth-order valence-electron chi connectivity index (χ4n) is 2.55. The van der Waals surface area contributed by atoms with Crippen LogP contribution in [0.15, 0.2) is 42.9 Å². The van der Waals surface area contributed by atoms with Crippen molar-refractivity contribution in [3.63, 3.8) is 0 Å². The van der Waals surface area contributed by atoms with Gasteiger partial charge in [0.05, 0.1) is 18.5 Å². The van der Waals surface area contributed by atoms with E-state index in [0.717, 1.165) is 11.1 Å². The first-order chi connectivity index (χ1) is 12.5. The molecule has 0 bridgehead atoms. The number of nitrogens with zero attached hydrogens (tertiary/aromatic N) is 4. The van der Waals surface area contributed by atoms with Crippen molar-refractivity contribution in [2.24, 2.45) is 0 Å². The van der Waals surface area contributed by atoms with Crippen LogP contribution in [0.25, 0.3) is 22.9 Å². The molecule has 0 unspecified atom stereocenters. The lowest BCUT2D eigenvalue weighted by Gasteiger charge is -2.09. The van der Waals surface area contributed by atoms with E-state index in [0.29, 0.717) is 28.5 Å². The zero-order chi connectivity index (χ0) is 18.7. The first-order valence-corrected chi connectivity index (χ1v) is 8.53. The van der Waals surface area contributed by atoms with Crippen LogP contribution in [-0.4, -0.2) is 46.2 Å². The summed E-state index contributed by atoms with van der Waals surface area (Å²) in [6.45, 7) is 2.06. The molecule has 0 spiro atoms. The Morgan fingerprint density at radius 3 is 2.85 bits per heavy atom. The summed E-state index contributed by atoms with van der Waals surface area (Å²) >= 11 is 6.10. The van der Waals surface area contributed by atoms with Gasteiger partial charge in [0.1, 0.15) is 5.56 Å². The summed E-state index contributed by atoms with van der Waals surface area (Å²) in [7, 11) is 3.80. The third-order valence-corrected chi connectivity index (χ3v) is 3.96. The van der Waals surface area contributed by atoms with Gasteiger partial charge in [0.25, 0.3) is 0 Å². The van der Waals surface area contributed by atoms with Crippen LogP contribution in [0.5, 0.6) is 0 Å². The number of hydrogen-bond donors (Lipinski definition) is 0. The summed E-state index contributed by atoms with van der Waals surface area (Å²) in [6.07, 6.45) is 6.90. The largest absolute Gasteiger partial charge is 0.462 e. The molecule has 3 rings (SSSR count). The highest BCUT2D eigenvalue weighted by Gasteiger charge is 2.18. The SMILES string of the molecule is CCOC(=O)c1cnc2c(-c3cccc(Cl)c3)cnn2c1/C=C/N(C)C. The molecule has 0 aliphatic carbocycles. The Kier molecular flexibility index (Phi) is 5.23. The molecule has 3 aromatic rings. The van der Waals surface area contributed by atoms with Crippen LogP contribution in [0.3, 0.4) is 0 Å². The Labute approximate surface area is 156 Å². The van der Waals surface area contributed by atoms with Gasteiger partial charge < -0.3 is 9.64 Å². The van der Waals surface area contributed by atoms with E-state index in [4.69, 9.17) is 16.3 Å². The Hall–Kier alpha value is -2.86. The molecule has 0 saturated carbocycles. The summed E-state index contributed by atoms with van der Waals surface area (Å²) in [5, 5.41) is 5.08. The highest BCUT2D eigenvalue weighted by molar-refractivity contribution is 6.30. The smallest absolute Gasteiger partial charge is 0.341 e. The highest BCUT2D eigenvalue weighted by Crippen LogP contribution is 2.27. The molecule has 0 fully saturated rings. The van der Waals surface area contributed by atoms with E-state index >= 15 is 0 Å². The maximum atomic E-state index is 12.3. The minimum Gasteiger partial charge on any atom is -0.462 e. The van der Waals surface area contributed by atoms with Crippen LogP contribution in [0.2, 0.25) is 5.02 Å². The zero-order valence-electron chi connectivity index (χ0n) is 14.8. The molecule has 134 valence electrons. The van der Waals surface area contributed by atoms with Crippen LogP contribution >= 0.6 is 11.6 Å². The second-order valence-electron chi connectivity index (χ2n) is 5.86. The molecule has 26 heavy (non-hydrogen) atoms. The van der Waals surface area contributed by atoms with Gasteiger partial charge in [-0.1, -0.05) is 23.7 Å². The second kappa shape index (κ2) is 7.58. The van der Waals surface area contributed by atoms with Crippen molar-refractivity contribution < 1.29 is 9.53 Å². The predicted octanol–water partition coefficient (Wildman–Crippen LogP) is 3.76. The third-order valence-electron chi connectivity index (χ3n) is 3.73. The quantitative estimate of drug-likeness (QED) is 0.640. The lowest BCUT2D eigenvalue weighted by atomic mass is 10.1. The molecule has 0 atom stereocenters. The minimum absolute atomic E-state index is 0.292. The number of fused-ring (bicyclic) bond motifs is 1. The van der Waals surface area contributed by atoms with Crippen LogP contribution in [0.4, 0.5) is 0 Å². The number of carbonyl (C=O) groups excluding carboxylic acids is 1. The standard InChI is InChI=1S/C19H19ClN4O2/c1-4-26-19(25)16-11-21-18-15(13-6-5-7-14(20)10-13)12-22-24(18)17(16)8-9-23(2)3/h5-12H,4H2,1-3H3/b9-8+. The van der Waals surface area contributed by atoms with Crippen molar-refractivity contribution in [3.8, 4) is 11.1 Å². The van der Waals surface area contributed by atoms with Gasteiger partial charge in [-0.2, -0.15) is 5.10 Å². The van der Waals surface area contributed by atoms with Crippen molar-refractivity contribution in [2.45, 2.75) is 6.92 Å². The summed E-state index contributed by atoms with van der Waals surface area (Å²) in [5.41, 5.74) is 3.35. The van der Waals surface area contributed by atoms with Gasteiger partial charge in [-0.05, 0) is 30.7 Å². The molecule has 0 aliphatic heterocycles. The highest BCUT2D eigenvalue weighted by atomic mass is 35.5. The number of hydrogen-bond acceptors (Lipinski definition) is 5. The average Bonchev–Trinajstić information content (AvgIpc) is 3.04. The summed E-state index contributed by atoms with van der Waals surface area (Å²) in [5.74, 6) is -0.430. The van der Waals surface area contributed by atoms with E-state index in [2.05, 4.69) is 10.1 Å². The molecule has 1 aromatic carbocycles. The van der Waals surface area contributed by atoms with E-state index < -0.39 is 5.97 Å². The Bertz CT molecular complexity index is 979. The molecule has 2 aromatic heterocycles. The lowest BCUT2D eigenvalue weighted by Crippen LogP contribution is -2.12. The summed E-state index contributed by atoms with van der Waals surface area (Å²) in [4.78, 5) is 18.6. The number of esters is 1. The monoisotopic (exact) mass is 370 g/mol. The first-order valence-electron chi connectivity index (χ1n) is 8.15. The van der Waals surface area contributed by atoms with Crippen LogP contribution < -0.4 is 0 Å². The van der Waals surface area contributed by atoms with Gasteiger partial charge in [0, 0.05) is 37.1 Å². The van der Waals surface area contributed by atoms with Crippen LogP contribution in [0, 0.1) is 0 Å². The molecule has 6 nitrogen and oxygen atoms in total. The van der Waals surface area contributed by atoms with Crippen molar-refractivity contribution >= 4 is 29.3 Å². The van der Waals surface area contributed by atoms with Gasteiger partial charge in [-0.3, -0.25) is 0 Å². The third kappa shape index (κ3) is 3.55. The van der Waals surface area contributed by atoms with E-state index in [1.807, 2.05) is 55.5 Å². The zero-order valence-corrected chi connectivity index (χ0v) is 15.6. The topological polar surface area (TPSA) is 59.7 Å². The van der Waals surface area contributed by atoms with E-state index in [9.17, 15) is 4.79 Å². The molecule has 0 saturated heterocycles. The molecule has 0 radical (unpaired) electrons. The van der Waals surface area contributed by atoms with Crippen molar-refractivity contribution in [3.05, 3.63) is 59.1 Å². The first kappa shape index (κ1) is 17.9. The number of benzene rings is 1. The van der Waals surface area contributed by atoms with Crippen LogP contribution in [0.1, 0.15) is 23.0 Å². The number of carbonyl (C=O) groups is 1.